The molecule has 0 aliphatic heterocycles. The van der Waals surface area contributed by atoms with Crippen LogP contribution in [0.4, 0.5) is 0 Å². The Kier molecular flexibility index (Phi) is 4.22. The van der Waals surface area contributed by atoms with E-state index in [4.69, 9.17) is 9.84 Å². The van der Waals surface area contributed by atoms with Gasteiger partial charge in [0.2, 0.25) is 0 Å². The Hall–Kier alpha value is -1.53. The lowest BCUT2D eigenvalue weighted by Crippen LogP contribution is -1.96. The summed E-state index contributed by atoms with van der Waals surface area (Å²) in [7, 11) is 3.56. The number of ether oxygens (including phenoxy) is 1. The SMILES string of the molecule is COc1ccc(-c2nnc(SCCO)n2C)cc1. The van der Waals surface area contributed by atoms with Crippen LogP contribution in [0.2, 0.25) is 0 Å². The summed E-state index contributed by atoms with van der Waals surface area (Å²) in [5.74, 6) is 2.24. The molecule has 96 valence electrons. The minimum absolute atomic E-state index is 0.134. The van der Waals surface area contributed by atoms with Crippen LogP contribution < -0.4 is 4.74 Å². The van der Waals surface area contributed by atoms with Gasteiger partial charge in [-0.05, 0) is 24.3 Å². The molecule has 1 aromatic carbocycles. The lowest BCUT2D eigenvalue weighted by Gasteiger charge is -2.04. The van der Waals surface area contributed by atoms with Crippen LogP contribution in [0.25, 0.3) is 11.4 Å². The zero-order valence-corrected chi connectivity index (χ0v) is 11.1. The lowest BCUT2D eigenvalue weighted by atomic mass is 10.2. The van der Waals surface area contributed by atoms with E-state index < -0.39 is 0 Å². The molecule has 0 aliphatic rings. The summed E-state index contributed by atoms with van der Waals surface area (Å²) in [6.45, 7) is 0.134. The summed E-state index contributed by atoms with van der Waals surface area (Å²) < 4.78 is 7.04. The standard InChI is InChI=1S/C12H15N3O2S/c1-15-11(13-14-12(15)18-8-7-16)9-3-5-10(17-2)6-4-9/h3-6,16H,7-8H2,1-2H3. The quantitative estimate of drug-likeness (QED) is 0.832. The number of aliphatic hydroxyl groups excluding tert-OH is 1. The van der Waals surface area contributed by atoms with Crippen LogP contribution in [0, 0.1) is 0 Å². The van der Waals surface area contributed by atoms with Crippen molar-refractivity contribution in [2.45, 2.75) is 5.16 Å². The van der Waals surface area contributed by atoms with E-state index in [1.165, 1.54) is 11.8 Å². The first-order valence-corrected chi connectivity index (χ1v) is 6.52. The zero-order valence-electron chi connectivity index (χ0n) is 10.3. The van der Waals surface area contributed by atoms with Crippen LogP contribution in [0.1, 0.15) is 0 Å². The molecule has 0 spiro atoms. The third-order valence-electron chi connectivity index (χ3n) is 2.51. The first kappa shape index (κ1) is 12.9. The van der Waals surface area contributed by atoms with E-state index in [2.05, 4.69) is 10.2 Å². The van der Waals surface area contributed by atoms with Gasteiger partial charge in [-0.25, -0.2) is 0 Å². The number of thioether (sulfide) groups is 1. The van der Waals surface area contributed by atoms with Crippen LogP contribution >= 0.6 is 11.8 Å². The Bertz CT molecular complexity index is 511. The fourth-order valence-electron chi connectivity index (χ4n) is 1.57. The van der Waals surface area contributed by atoms with E-state index in [-0.39, 0.29) is 6.61 Å². The van der Waals surface area contributed by atoms with Crippen molar-refractivity contribution >= 4 is 11.8 Å². The topological polar surface area (TPSA) is 60.2 Å². The van der Waals surface area contributed by atoms with E-state index in [1.807, 2.05) is 35.9 Å². The van der Waals surface area contributed by atoms with E-state index in [9.17, 15) is 0 Å². The molecule has 5 nitrogen and oxygen atoms in total. The molecule has 2 aromatic rings. The third-order valence-corrected chi connectivity index (χ3v) is 3.51. The molecular formula is C12H15N3O2S. The van der Waals surface area contributed by atoms with Gasteiger partial charge in [-0.1, -0.05) is 11.8 Å². The Balaban J connectivity index is 2.24. The number of rotatable bonds is 5. The minimum Gasteiger partial charge on any atom is -0.497 e. The second-order valence-electron chi connectivity index (χ2n) is 3.67. The molecule has 1 aromatic heterocycles. The zero-order chi connectivity index (χ0) is 13.0. The van der Waals surface area contributed by atoms with Gasteiger partial charge >= 0.3 is 0 Å². The van der Waals surface area contributed by atoms with Crippen LogP contribution in [0.3, 0.4) is 0 Å². The van der Waals surface area contributed by atoms with Gasteiger partial charge < -0.3 is 14.4 Å². The van der Waals surface area contributed by atoms with Gasteiger partial charge in [0.25, 0.3) is 0 Å². The van der Waals surface area contributed by atoms with Gasteiger partial charge in [0.1, 0.15) is 5.75 Å². The van der Waals surface area contributed by atoms with Gasteiger partial charge in [0.05, 0.1) is 13.7 Å². The number of aromatic nitrogens is 3. The van der Waals surface area contributed by atoms with Crippen molar-refractivity contribution in [1.82, 2.24) is 14.8 Å². The average Bonchev–Trinajstić information content (AvgIpc) is 2.78. The first-order valence-electron chi connectivity index (χ1n) is 5.53. The normalized spacial score (nSPS) is 10.6. The lowest BCUT2D eigenvalue weighted by molar-refractivity contribution is 0.322. The van der Waals surface area contributed by atoms with Crippen molar-refractivity contribution in [2.75, 3.05) is 19.5 Å². The largest absolute Gasteiger partial charge is 0.497 e. The van der Waals surface area contributed by atoms with Gasteiger partial charge in [0, 0.05) is 18.4 Å². The molecule has 0 unspecified atom stereocenters. The monoisotopic (exact) mass is 265 g/mol. The van der Waals surface area contributed by atoms with Crippen molar-refractivity contribution in [1.29, 1.82) is 0 Å². The molecule has 0 bridgehead atoms. The third kappa shape index (κ3) is 2.65. The van der Waals surface area contributed by atoms with Crippen LogP contribution in [0.5, 0.6) is 5.75 Å². The molecule has 1 heterocycles. The molecule has 0 saturated heterocycles. The molecule has 2 rings (SSSR count). The molecule has 6 heteroatoms. The summed E-state index contributed by atoms with van der Waals surface area (Å²) in [6.07, 6.45) is 0. The molecule has 1 N–H and O–H groups in total. The van der Waals surface area contributed by atoms with Crippen molar-refractivity contribution < 1.29 is 9.84 Å². The van der Waals surface area contributed by atoms with E-state index >= 15 is 0 Å². The summed E-state index contributed by atoms with van der Waals surface area (Å²) in [4.78, 5) is 0. The summed E-state index contributed by atoms with van der Waals surface area (Å²) in [6, 6.07) is 7.68. The number of nitrogens with zero attached hydrogens (tertiary/aromatic N) is 3. The summed E-state index contributed by atoms with van der Waals surface area (Å²) in [5.41, 5.74) is 0.988. The smallest absolute Gasteiger partial charge is 0.191 e. The predicted molar refractivity (Wildman–Crippen MR) is 70.8 cm³/mol. The number of aliphatic hydroxyl groups is 1. The second-order valence-corrected chi connectivity index (χ2v) is 4.73. The van der Waals surface area contributed by atoms with Gasteiger partial charge in [-0.2, -0.15) is 0 Å². The minimum atomic E-state index is 0.134. The van der Waals surface area contributed by atoms with Gasteiger partial charge in [-0.15, -0.1) is 10.2 Å². The van der Waals surface area contributed by atoms with Gasteiger partial charge in [-0.3, -0.25) is 0 Å². The Morgan fingerprint density at radius 1 is 1.28 bits per heavy atom. The average molecular weight is 265 g/mol. The van der Waals surface area contributed by atoms with Crippen molar-refractivity contribution in [3.63, 3.8) is 0 Å². The number of hydrogen-bond donors (Lipinski definition) is 1. The maximum Gasteiger partial charge on any atom is 0.191 e. The highest BCUT2D eigenvalue weighted by Crippen LogP contribution is 2.24. The van der Waals surface area contributed by atoms with Crippen LogP contribution in [0.15, 0.2) is 29.4 Å². The molecular weight excluding hydrogens is 250 g/mol. The Morgan fingerprint density at radius 2 is 2.00 bits per heavy atom. The summed E-state index contributed by atoms with van der Waals surface area (Å²) >= 11 is 1.48. The second kappa shape index (κ2) is 5.88. The molecule has 18 heavy (non-hydrogen) atoms. The summed E-state index contributed by atoms with van der Waals surface area (Å²) in [5, 5.41) is 17.9. The van der Waals surface area contributed by atoms with E-state index in [0.29, 0.717) is 5.75 Å². The number of methoxy groups -OCH3 is 1. The van der Waals surface area contributed by atoms with Crippen LogP contribution in [-0.2, 0) is 7.05 Å². The highest BCUT2D eigenvalue weighted by Gasteiger charge is 2.10. The van der Waals surface area contributed by atoms with Crippen molar-refractivity contribution in [2.24, 2.45) is 7.05 Å². The van der Waals surface area contributed by atoms with Gasteiger partial charge in [0.15, 0.2) is 11.0 Å². The number of benzene rings is 1. The predicted octanol–water partition coefficient (Wildman–Crippen LogP) is 1.58. The molecule has 0 amide bonds. The fourth-order valence-corrected chi connectivity index (χ4v) is 2.22. The Morgan fingerprint density at radius 3 is 2.61 bits per heavy atom. The fraction of sp³-hybridized carbons (Fsp3) is 0.333. The molecule has 0 aliphatic carbocycles. The highest BCUT2D eigenvalue weighted by atomic mass is 32.2. The molecule has 0 atom stereocenters. The molecule has 0 fully saturated rings. The highest BCUT2D eigenvalue weighted by molar-refractivity contribution is 7.99. The molecule has 0 radical (unpaired) electrons. The van der Waals surface area contributed by atoms with Crippen LogP contribution in [-0.4, -0.2) is 39.3 Å². The maximum atomic E-state index is 8.81. The van der Waals surface area contributed by atoms with E-state index in [0.717, 1.165) is 22.3 Å². The number of hydrogen-bond acceptors (Lipinski definition) is 5. The Labute approximate surface area is 110 Å². The maximum absolute atomic E-state index is 8.81. The van der Waals surface area contributed by atoms with Crippen molar-refractivity contribution in [3.8, 4) is 17.1 Å². The first-order chi connectivity index (χ1) is 8.76. The van der Waals surface area contributed by atoms with E-state index in [1.54, 1.807) is 7.11 Å². The van der Waals surface area contributed by atoms with Crippen molar-refractivity contribution in [3.05, 3.63) is 24.3 Å². The molecule has 0 saturated carbocycles.